The van der Waals surface area contributed by atoms with Crippen molar-refractivity contribution in [2.24, 2.45) is 0 Å². The topological polar surface area (TPSA) is 139 Å². The summed E-state index contributed by atoms with van der Waals surface area (Å²) in [5.74, 6) is -1.69. The summed E-state index contributed by atoms with van der Waals surface area (Å²) >= 11 is 0. The Morgan fingerprint density at radius 1 is 1.17 bits per heavy atom. The van der Waals surface area contributed by atoms with Gasteiger partial charge in [0.15, 0.2) is 9.84 Å². The van der Waals surface area contributed by atoms with Crippen LogP contribution in [-0.2, 0) is 30.7 Å². The summed E-state index contributed by atoms with van der Waals surface area (Å²) < 4.78 is 28.1. The van der Waals surface area contributed by atoms with Crippen molar-refractivity contribution in [3.8, 4) is 0 Å². The summed E-state index contributed by atoms with van der Waals surface area (Å²) in [6.07, 6.45) is 0.131. The lowest BCUT2D eigenvalue weighted by molar-refractivity contribution is -0.141. The number of nitrogens with zero attached hydrogens (tertiary/aromatic N) is 1. The van der Waals surface area contributed by atoms with Crippen molar-refractivity contribution in [2.75, 3.05) is 24.7 Å². The van der Waals surface area contributed by atoms with Gasteiger partial charge in [-0.2, -0.15) is 0 Å². The molecule has 2 aliphatic heterocycles. The lowest BCUT2D eigenvalue weighted by Gasteiger charge is -2.30. The zero-order valence-electron chi connectivity index (χ0n) is 16.5. The van der Waals surface area contributed by atoms with E-state index in [2.05, 4.69) is 10.6 Å². The van der Waals surface area contributed by atoms with E-state index < -0.39 is 39.2 Å². The molecule has 1 aromatic rings. The normalized spacial score (nSPS) is 19.4. The van der Waals surface area contributed by atoms with Crippen molar-refractivity contribution < 1.29 is 32.3 Å². The minimum atomic E-state index is -3.18. The zero-order valence-corrected chi connectivity index (χ0v) is 17.3. The molecular formula is C19H23N3O7S. The van der Waals surface area contributed by atoms with Crippen LogP contribution < -0.4 is 10.6 Å². The first kappa shape index (κ1) is 21.8. The monoisotopic (exact) mass is 437 g/mol. The first-order valence-corrected chi connectivity index (χ1v) is 11.4. The summed E-state index contributed by atoms with van der Waals surface area (Å²) in [4.78, 5) is 49.6. The Balaban J connectivity index is 1.61. The Bertz CT molecular complexity index is 958. The molecule has 1 spiro atoms. The fourth-order valence-corrected chi connectivity index (χ4v) is 4.98. The minimum Gasteiger partial charge on any atom is -0.465 e. The third-order valence-electron chi connectivity index (χ3n) is 5.18. The number of rotatable bonds is 6. The number of imide groups is 1. The molecule has 0 unspecified atom stereocenters. The summed E-state index contributed by atoms with van der Waals surface area (Å²) in [6.45, 7) is 1.66. The Labute approximate surface area is 173 Å². The number of amides is 4. The van der Waals surface area contributed by atoms with Crippen LogP contribution in [0.1, 0.15) is 35.7 Å². The fraction of sp³-hybridized carbons (Fsp3) is 0.474. The smallest absolute Gasteiger partial charge is 0.325 e. The van der Waals surface area contributed by atoms with Gasteiger partial charge in [-0.05, 0) is 37.5 Å². The van der Waals surface area contributed by atoms with Crippen LogP contribution in [-0.4, -0.2) is 67.3 Å². The second kappa shape index (κ2) is 8.42. The number of carbonyl (C=O) groups excluding carboxylic acids is 4. The van der Waals surface area contributed by atoms with Crippen molar-refractivity contribution in [1.29, 1.82) is 0 Å². The Hall–Kier alpha value is -2.95. The van der Waals surface area contributed by atoms with E-state index in [4.69, 9.17) is 4.74 Å². The highest BCUT2D eigenvalue weighted by Crippen LogP contribution is 2.31. The Morgan fingerprint density at radius 3 is 2.40 bits per heavy atom. The van der Waals surface area contributed by atoms with Gasteiger partial charge < -0.3 is 15.4 Å². The van der Waals surface area contributed by atoms with E-state index in [9.17, 15) is 27.6 Å². The molecule has 30 heavy (non-hydrogen) atoms. The molecule has 11 heteroatoms. The molecule has 2 saturated heterocycles. The molecule has 162 valence electrons. The standard InChI is InChI=1S/C19H23N3O7S/c1-2-29-15(23)11-20-16(24)14-5-3-13(4-6-14)12-22-17(25)19(21-18(22)26)7-9-30(27,28)10-8-19/h3-6H,2,7-12H2,1H3,(H,20,24)(H,21,26). The van der Waals surface area contributed by atoms with Gasteiger partial charge in [0.2, 0.25) is 0 Å². The van der Waals surface area contributed by atoms with E-state index in [1.807, 2.05) is 0 Å². The second-order valence-corrected chi connectivity index (χ2v) is 9.54. The Morgan fingerprint density at radius 2 is 1.80 bits per heavy atom. The quantitative estimate of drug-likeness (QED) is 0.471. The number of hydrogen-bond donors (Lipinski definition) is 2. The highest BCUT2D eigenvalue weighted by atomic mass is 32.2. The highest BCUT2D eigenvalue weighted by Gasteiger charge is 2.53. The molecule has 0 saturated carbocycles. The molecule has 0 atom stereocenters. The summed E-state index contributed by atoms with van der Waals surface area (Å²) in [5, 5.41) is 5.10. The molecule has 0 radical (unpaired) electrons. The summed E-state index contributed by atoms with van der Waals surface area (Å²) in [5.41, 5.74) is -0.217. The summed E-state index contributed by atoms with van der Waals surface area (Å²) in [7, 11) is -3.18. The molecule has 2 fully saturated rings. The van der Waals surface area contributed by atoms with Crippen LogP contribution in [0.5, 0.6) is 0 Å². The van der Waals surface area contributed by atoms with Crippen LogP contribution >= 0.6 is 0 Å². The van der Waals surface area contributed by atoms with Gasteiger partial charge >= 0.3 is 12.0 Å². The predicted octanol–water partition coefficient (Wildman–Crippen LogP) is -0.0213. The number of ether oxygens (including phenoxy) is 1. The van der Waals surface area contributed by atoms with Crippen LogP contribution in [0, 0.1) is 0 Å². The van der Waals surface area contributed by atoms with Crippen molar-refractivity contribution in [2.45, 2.75) is 31.8 Å². The third-order valence-corrected chi connectivity index (χ3v) is 6.83. The SMILES string of the molecule is CCOC(=O)CNC(=O)c1ccc(CN2C(=O)NC3(CCS(=O)(=O)CC3)C2=O)cc1. The minimum absolute atomic E-state index is 0.00386. The largest absolute Gasteiger partial charge is 0.465 e. The first-order chi connectivity index (χ1) is 14.2. The maximum Gasteiger partial charge on any atom is 0.325 e. The number of sulfone groups is 1. The maximum atomic E-state index is 12.8. The van der Waals surface area contributed by atoms with E-state index >= 15 is 0 Å². The molecule has 0 aliphatic carbocycles. The molecule has 0 aromatic heterocycles. The van der Waals surface area contributed by atoms with Gasteiger partial charge in [0.1, 0.15) is 12.1 Å². The van der Waals surface area contributed by atoms with Crippen LogP contribution in [0.15, 0.2) is 24.3 Å². The number of carbonyl (C=O) groups is 4. The number of nitrogens with one attached hydrogen (secondary N) is 2. The van der Waals surface area contributed by atoms with E-state index in [-0.39, 0.29) is 44.0 Å². The van der Waals surface area contributed by atoms with Gasteiger partial charge in [0.25, 0.3) is 11.8 Å². The van der Waals surface area contributed by atoms with Crippen LogP contribution in [0.2, 0.25) is 0 Å². The van der Waals surface area contributed by atoms with Crippen molar-refractivity contribution >= 4 is 33.7 Å². The number of esters is 1. The first-order valence-electron chi connectivity index (χ1n) is 9.53. The molecule has 10 nitrogen and oxygen atoms in total. The van der Waals surface area contributed by atoms with Gasteiger partial charge in [-0.3, -0.25) is 19.3 Å². The number of benzene rings is 1. The summed E-state index contributed by atoms with van der Waals surface area (Å²) in [6, 6.07) is 5.70. The Kier molecular flexibility index (Phi) is 6.11. The molecule has 2 heterocycles. The van der Waals surface area contributed by atoms with E-state index in [0.717, 1.165) is 4.90 Å². The lowest BCUT2D eigenvalue weighted by Crippen LogP contribution is -2.52. The van der Waals surface area contributed by atoms with E-state index in [1.54, 1.807) is 19.1 Å². The van der Waals surface area contributed by atoms with Crippen LogP contribution in [0.4, 0.5) is 4.79 Å². The predicted molar refractivity (Wildman–Crippen MR) is 105 cm³/mol. The average molecular weight is 437 g/mol. The molecule has 4 amide bonds. The van der Waals surface area contributed by atoms with Crippen molar-refractivity contribution in [3.05, 3.63) is 35.4 Å². The van der Waals surface area contributed by atoms with E-state index in [1.165, 1.54) is 12.1 Å². The maximum absolute atomic E-state index is 12.8. The van der Waals surface area contributed by atoms with Crippen LogP contribution in [0.3, 0.4) is 0 Å². The van der Waals surface area contributed by atoms with Gasteiger partial charge in [-0.1, -0.05) is 12.1 Å². The second-order valence-electron chi connectivity index (χ2n) is 7.24. The molecule has 3 rings (SSSR count). The molecule has 0 bridgehead atoms. The van der Waals surface area contributed by atoms with E-state index in [0.29, 0.717) is 11.1 Å². The molecule has 2 N–H and O–H groups in total. The molecular weight excluding hydrogens is 414 g/mol. The van der Waals surface area contributed by atoms with Gasteiger partial charge in [0, 0.05) is 5.56 Å². The third kappa shape index (κ3) is 4.61. The van der Waals surface area contributed by atoms with Crippen molar-refractivity contribution in [3.63, 3.8) is 0 Å². The van der Waals surface area contributed by atoms with Crippen molar-refractivity contribution in [1.82, 2.24) is 15.5 Å². The zero-order chi connectivity index (χ0) is 21.9. The average Bonchev–Trinajstić information content (AvgIpc) is 2.94. The number of hydrogen-bond acceptors (Lipinski definition) is 7. The van der Waals surface area contributed by atoms with Crippen LogP contribution in [0.25, 0.3) is 0 Å². The van der Waals surface area contributed by atoms with Gasteiger partial charge in [-0.15, -0.1) is 0 Å². The fourth-order valence-electron chi connectivity index (χ4n) is 3.46. The molecule has 2 aliphatic rings. The van der Waals surface area contributed by atoms with Gasteiger partial charge in [-0.25, -0.2) is 13.2 Å². The molecule has 1 aromatic carbocycles. The lowest BCUT2D eigenvalue weighted by atomic mass is 9.92. The van der Waals surface area contributed by atoms with Gasteiger partial charge in [0.05, 0.1) is 24.7 Å². The highest BCUT2D eigenvalue weighted by molar-refractivity contribution is 7.91. The number of urea groups is 1.